The van der Waals surface area contributed by atoms with Crippen LogP contribution in [0.15, 0.2) is 29.0 Å². The Morgan fingerprint density at radius 2 is 1.38 bits per heavy atom. The summed E-state index contributed by atoms with van der Waals surface area (Å²) in [5, 5.41) is 0. The molecule has 0 aliphatic rings. The smallest absolute Gasteiger partial charge is 0.387 e. The molecule has 0 aromatic carbocycles. The lowest BCUT2D eigenvalue weighted by Gasteiger charge is -2.06. The fourth-order valence-corrected chi connectivity index (χ4v) is 1.76. The van der Waals surface area contributed by atoms with Gasteiger partial charge in [-0.1, -0.05) is 0 Å². The number of halogens is 5. The summed E-state index contributed by atoms with van der Waals surface area (Å²) >= 11 is 3.10. The number of hydrogen-bond donors (Lipinski definition) is 1. The van der Waals surface area contributed by atoms with E-state index in [1.165, 1.54) is 24.5 Å². The molecule has 0 atom stereocenters. The Kier molecular flexibility index (Phi) is 7.69. The van der Waals surface area contributed by atoms with E-state index in [1.54, 1.807) is 13.8 Å². The van der Waals surface area contributed by atoms with Gasteiger partial charge in [0.2, 0.25) is 0 Å². The first-order chi connectivity index (χ1) is 11.2. The highest BCUT2D eigenvalue weighted by Crippen LogP contribution is 2.22. The molecule has 2 aromatic heterocycles. The van der Waals surface area contributed by atoms with Crippen molar-refractivity contribution in [2.75, 3.05) is 5.73 Å². The first-order valence-corrected chi connectivity index (χ1v) is 7.22. The number of nitrogens with zero attached hydrogens (tertiary/aromatic N) is 2. The van der Waals surface area contributed by atoms with E-state index in [2.05, 4.69) is 35.4 Å². The molecule has 0 saturated carbocycles. The number of alkyl halides is 4. The predicted octanol–water partition coefficient (Wildman–Crippen LogP) is 4.33. The van der Waals surface area contributed by atoms with Gasteiger partial charge in [-0.15, -0.1) is 0 Å². The van der Waals surface area contributed by atoms with Crippen LogP contribution in [0, 0.1) is 13.8 Å². The summed E-state index contributed by atoms with van der Waals surface area (Å²) < 4.78 is 56.0. The van der Waals surface area contributed by atoms with Gasteiger partial charge >= 0.3 is 13.2 Å². The molecule has 132 valence electrons. The monoisotopic (exact) mass is 411 g/mol. The fourth-order valence-electron chi connectivity index (χ4n) is 1.45. The van der Waals surface area contributed by atoms with Gasteiger partial charge in [0.05, 0.1) is 23.3 Å². The summed E-state index contributed by atoms with van der Waals surface area (Å²) in [4.78, 5) is 7.57. The van der Waals surface area contributed by atoms with E-state index < -0.39 is 13.2 Å². The van der Waals surface area contributed by atoms with Crippen molar-refractivity contribution in [2.45, 2.75) is 27.1 Å². The van der Waals surface area contributed by atoms with Crippen LogP contribution in [0.25, 0.3) is 0 Å². The van der Waals surface area contributed by atoms with Crippen LogP contribution in [0.5, 0.6) is 11.5 Å². The minimum absolute atomic E-state index is 0.0185. The molecule has 0 aliphatic carbocycles. The van der Waals surface area contributed by atoms with Crippen LogP contribution in [0.2, 0.25) is 0 Å². The minimum Gasteiger partial charge on any atom is -0.433 e. The molecule has 2 N–H and O–H groups in total. The Labute approximate surface area is 143 Å². The van der Waals surface area contributed by atoms with E-state index in [0.29, 0.717) is 21.5 Å². The van der Waals surface area contributed by atoms with Gasteiger partial charge in [-0.25, -0.2) is 0 Å². The SMILES string of the molecule is Cc1ncc(Br)cc1OC(F)F.Cc1ncc(N)cc1OC(F)F. The first kappa shape index (κ1) is 19.9. The largest absolute Gasteiger partial charge is 0.433 e. The maximum atomic E-state index is 11.8. The lowest BCUT2D eigenvalue weighted by molar-refractivity contribution is -0.0512. The van der Waals surface area contributed by atoms with E-state index in [-0.39, 0.29) is 11.5 Å². The molecule has 5 nitrogen and oxygen atoms in total. The topological polar surface area (TPSA) is 70.3 Å². The van der Waals surface area contributed by atoms with Gasteiger partial charge in [0, 0.05) is 16.7 Å². The minimum atomic E-state index is -2.84. The third kappa shape index (κ3) is 6.99. The van der Waals surface area contributed by atoms with Gasteiger partial charge in [-0.05, 0) is 35.8 Å². The van der Waals surface area contributed by atoms with Gasteiger partial charge in [0.15, 0.2) is 0 Å². The Morgan fingerprint density at radius 1 is 0.917 bits per heavy atom. The van der Waals surface area contributed by atoms with Crippen LogP contribution >= 0.6 is 15.9 Å². The highest BCUT2D eigenvalue weighted by molar-refractivity contribution is 9.10. The molecular formula is C14H14BrF4N3O2. The second-order valence-electron chi connectivity index (χ2n) is 4.35. The molecular weight excluding hydrogens is 398 g/mol. The second-order valence-corrected chi connectivity index (χ2v) is 5.26. The molecule has 2 rings (SSSR count). The number of ether oxygens (including phenoxy) is 2. The Bertz CT molecular complexity index is 617. The van der Waals surface area contributed by atoms with Crippen LogP contribution in [0.4, 0.5) is 23.2 Å². The molecule has 0 aliphatic heterocycles. The molecule has 0 spiro atoms. The maximum absolute atomic E-state index is 11.8. The normalized spacial score (nSPS) is 10.4. The average molecular weight is 412 g/mol. The maximum Gasteiger partial charge on any atom is 0.387 e. The molecule has 10 heteroatoms. The van der Waals surface area contributed by atoms with Crippen molar-refractivity contribution >= 4 is 21.6 Å². The Balaban J connectivity index is 0.000000240. The Hall–Kier alpha value is -2.10. The van der Waals surface area contributed by atoms with Gasteiger partial charge in [0.25, 0.3) is 0 Å². The van der Waals surface area contributed by atoms with Crippen molar-refractivity contribution in [3.8, 4) is 11.5 Å². The summed E-state index contributed by atoms with van der Waals surface area (Å²) in [7, 11) is 0. The molecule has 0 radical (unpaired) electrons. The number of nitrogen functional groups attached to an aromatic ring is 1. The molecule has 0 amide bonds. The number of nitrogens with two attached hydrogens (primary N) is 1. The van der Waals surface area contributed by atoms with Gasteiger partial charge in [0.1, 0.15) is 11.5 Å². The lowest BCUT2D eigenvalue weighted by Crippen LogP contribution is -2.04. The second kappa shape index (κ2) is 9.26. The third-order valence-corrected chi connectivity index (χ3v) is 2.93. The molecule has 0 fully saturated rings. The first-order valence-electron chi connectivity index (χ1n) is 6.43. The molecule has 24 heavy (non-hydrogen) atoms. The highest BCUT2D eigenvalue weighted by Gasteiger charge is 2.08. The fraction of sp³-hybridized carbons (Fsp3) is 0.286. The molecule has 0 saturated heterocycles. The van der Waals surface area contributed by atoms with E-state index in [1.807, 2.05) is 0 Å². The standard InChI is InChI=1S/C7H6BrF2NO.C7H8F2N2O/c1-4-6(12-7(9)10)2-5(8)3-11-4;1-4-6(12-7(8)9)2-5(10)3-11-4/h2-3,7H,1H3;2-3,7H,10H2,1H3. The highest BCUT2D eigenvalue weighted by atomic mass is 79.9. The zero-order valence-electron chi connectivity index (χ0n) is 12.6. The zero-order valence-corrected chi connectivity index (χ0v) is 14.2. The van der Waals surface area contributed by atoms with E-state index in [4.69, 9.17) is 5.73 Å². The van der Waals surface area contributed by atoms with Crippen LogP contribution < -0.4 is 15.2 Å². The van der Waals surface area contributed by atoms with Crippen LogP contribution in [-0.2, 0) is 0 Å². The molecule has 0 unspecified atom stereocenters. The number of pyridine rings is 2. The summed E-state index contributed by atoms with van der Waals surface area (Å²) in [6, 6.07) is 2.77. The Morgan fingerprint density at radius 3 is 1.88 bits per heavy atom. The molecule has 2 aromatic rings. The summed E-state index contributed by atoms with van der Waals surface area (Å²) in [5.41, 5.74) is 6.45. The lowest BCUT2D eigenvalue weighted by atomic mass is 10.3. The number of anilines is 1. The zero-order chi connectivity index (χ0) is 18.3. The van der Waals surface area contributed by atoms with Crippen molar-refractivity contribution in [2.24, 2.45) is 0 Å². The van der Waals surface area contributed by atoms with Gasteiger partial charge < -0.3 is 15.2 Å². The number of hydrogen-bond acceptors (Lipinski definition) is 5. The quantitative estimate of drug-likeness (QED) is 0.758. The average Bonchev–Trinajstić information content (AvgIpc) is 2.46. The summed E-state index contributed by atoms with van der Waals surface area (Å²) in [6.45, 7) is -2.48. The van der Waals surface area contributed by atoms with E-state index >= 15 is 0 Å². The number of aryl methyl sites for hydroxylation is 2. The van der Waals surface area contributed by atoms with Crippen LogP contribution in [0.3, 0.4) is 0 Å². The van der Waals surface area contributed by atoms with Crippen molar-refractivity contribution in [3.05, 3.63) is 40.4 Å². The van der Waals surface area contributed by atoms with Crippen LogP contribution in [-0.4, -0.2) is 23.2 Å². The predicted molar refractivity (Wildman–Crippen MR) is 83.3 cm³/mol. The van der Waals surface area contributed by atoms with Crippen molar-refractivity contribution in [3.63, 3.8) is 0 Å². The summed E-state index contributed by atoms with van der Waals surface area (Å²) in [5.74, 6) is 0.115. The van der Waals surface area contributed by atoms with Crippen LogP contribution in [0.1, 0.15) is 11.4 Å². The van der Waals surface area contributed by atoms with Crippen molar-refractivity contribution in [1.29, 1.82) is 0 Å². The number of aromatic nitrogens is 2. The van der Waals surface area contributed by atoms with Crippen molar-refractivity contribution in [1.82, 2.24) is 9.97 Å². The van der Waals surface area contributed by atoms with E-state index in [0.717, 1.165) is 0 Å². The number of rotatable bonds is 4. The molecule has 0 bridgehead atoms. The molecule has 2 heterocycles. The van der Waals surface area contributed by atoms with Crippen molar-refractivity contribution < 1.29 is 27.0 Å². The van der Waals surface area contributed by atoms with Gasteiger partial charge in [-0.2, -0.15) is 17.6 Å². The third-order valence-electron chi connectivity index (χ3n) is 2.50. The summed E-state index contributed by atoms with van der Waals surface area (Å²) in [6.07, 6.45) is 2.90. The van der Waals surface area contributed by atoms with Gasteiger partial charge in [-0.3, -0.25) is 9.97 Å². The van der Waals surface area contributed by atoms with E-state index in [9.17, 15) is 17.6 Å².